The number of nitrogens with zero attached hydrogens (tertiary/aromatic N) is 1. The second-order valence-corrected chi connectivity index (χ2v) is 7.38. The third kappa shape index (κ3) is 3.65. The van der Waals surface area contributed by atoms with E-state index in [-0.39, 0.29) is 29.8 Å². The van der Waals surface area contributed by atoms with Crippen LogP contribution in [0.25, 0.3) is 0 Å². The number of amides is 1. The normalized spacial score (nSPS) is 22.0. The van der Waals surface area contributed by atoms with E-state index in [4.69, 9.17) is 9.47 Å². The molecule has 0 spiro atoms. The first-order chi connectivity index (χ1) is 10.9. The highest BCUT2D eigenvalue weighted by atomic mass is 32.2. The van der Waals surface area contributed by atoms with Gasteiger partial charge in [0.05, 0.1) is 24.5 Å². The van der Waals surface area contributed by atoms with Crippen molar-refractivity contribution >= 4 is 15.9 Å². The fourth-order valence-corrected chi connectivity index (χ4v) is 4.36. The Hall–Kier alpha value is -1.64. The molecule has 0 bridgehead atoms. The number of carbonyl (C=O) groups is 1. The third-order valence-electron chi connectivity index (χ3n) is 4.05. The number of nitrogens with one attached hydrogen (secondary N) is 1. The molecule has 23 heavy (non-hydrogen) atoms. The Labute approximate surface area is 136 Å². The van der Waals surface area contributed by atoms with E-state index >= 15 is 0 Å². The van der Waals surface area contributed by atoms with Gasteiger partial charge >= 0.3 is 0 Å². The molecule has 1 N–H and O–H groups in total. The van der Waals surface area contributed by atoms with E-state index in [0.29, 0.717) is 12.4 Å². The molecular weight excluding hydrogens is 320 g/mol. The highest BCUT2D eigenvalue weighted by molar-refractivity contribution is 7.89. The molecule has 1 aromatic carbocycles. The maximum absolute atomic E-state index is 12.8. The van der Waals surface area contributed by atoms with Gasteiger partial charge in [-0.05, 0) is 12.1 Å². The molecule has 7 nitrogen and oxygen atoms in total. The molecule has 2 atom stereocenters. The van der Waals surface area contributed by atoms with Crippen molar-refractivity contribution in [2.75, 3.05) is 41.0 Å². The van der Waals surface area contributed by atoms with Gasteiger partial charge in [-0.15, -0.1) is 0 Å². The number of rotatable bonds is 6. The second kappa shape index (κ2) is 7.29. The zero-order valence-corrected chi connectivity index (χ0v) is 14.3. The van der Waals surface area contributed by atoms with E-state index in [1.54, 1.807) is 26.3 Å². The van der Waals surface area contributed by atoms with Crippen LogP contribution >= 0.6 is 0 Å². The Morgan fingerprint density at radius 1 is 1.35 bits per heavy atom. The average Bonchev–Trinajstić information content (AvgIpc) is 2.99. The highest BCUT2D eigenvalue weighted by Gasteiger charge is 2.42. The quantitative estimate of drug-likeness (QED) is 0.805. The second-order valence-electron chi connectivity index (χ2n) is 5.44. The summed E-state index contributed by atoms with van der Waals surface area (Å²) in [5, 5.41) is 2.59. The fraction of sp³-hybridized carbons (Fsp3) is 0.533. The molecule has 1 aliphatic heterocycles. The highest BCUT2D eigenvalue weighted by Crippen LogP contribution is 2.30. The van der Waals surface area contributed by atoms with E-state index in [1.165, 1.54) is 23.5 Å². The lowest BCUT2D eigenvalue weighted by molar-refractivity contribution is -0.125. The van der Waals surface area contributed by atoms with Crippen molar-refractivity contribution < 1.29 is 22.7 Å². The predicted molar refractivity (Wildman–Crippen MR) is 84.7 cm³/mol. The smallest absolute Gasteiger partial charge is 0.243 e. The lowest BCUT2D eigenvalue weighted by Gasteiger charge is -2.16. The van der Waals surface area contributed by atoms with Crippen LogP contribution in [0.4, 0.5) is 0 Å². The summed E-state index contributed by atoms with van der Waals surface area (Å²) < 4.78 is 37.2. The monoisotopic (exact) mass is 342 g/mol. The van der Waals surface area contributed by atoms with Crippen LogP contribution in [-0.2, 0) is 19.6 Å². The van der Waals surface area contributed by atoms with E-state index in [0.717, 1.165) is 0 Å². The van der Waals surface area contributed by atoms with Crippen molar-refractivity contribution in [3.05, 3.63) is 24.3 Å². The topological polar surface area (TPSA) is 84.9 Å². The summed E-state index contributed by atoms with van der Waals surface area (Å²) in [6, 6.07) is 6.32. The van der Waals surface area contributed by atoms with Gasteiger partial charge in [-0.3, -0.25) is 4.79 Å². The SMILES string of the molecule is CNC(=O)[C@@H]1CN(S(=O)(=O)c2cccc(OC)c2)C[C@H]1COC. The Bertz CT molecular complexity index is 662. The summed E-state index contributed by atoms with van der Waals surface area (Å²) >= 11 is 0. The lowest BCUT2D eigenvalue weighted by atomic mass is 9.96. The molecule has 0 aromatic heterocycles. The van der Waals surface area contributed by atoms with Crippen LogP contribution in [0.2, 0.25) is 0 Å². The van der Waals surface area contributed by atoms with Crippen molar-refractivity contribution in [1.82, 2.24) is 9.62 Å². The Balaban J connectivity index is 2.28. The number of methoxy groups -OCH3 is 2. The van der Waals surface area contributed by atoms with Crippen LogP contribution in [-0.4, -0.2) is 59.6 Å². The molecule has 1 saturated heterocycles. The first-order valence-electron chi connectivity index (χ1n) is 7.28. The van der Waals surface area contributed by atoms with Crippen molar-refractivity contribution in [3.63, 3.8) is 0 Å². The maximum Gasteiger partial charge on any atom is 0.243 e. The number of hydrogen-bond donors (Lipinski definition) is 1. The minimum Gasteiger partial charge on any atom is -0.497 e. The molecule has 1 fully saturated rings. The van der Waals surface area contributed by atoms with Gasteiger partial charge in [-0.25, -0.2) is 8.42 Å². The Morgan fingerprint density at radius 2 is 2.09 bits per heavy atom. The number of carbonyl (C=O) groups excluding carboxylic acids is 1. The van der Waals surface area contributed by atoms with Crippen LogP contribution in [0, 0.1) is 11.8 Å². The van der Waals surface area contributed by atoms with Gasteiger partial charge in [0.2, 0.25) is 15.9 Å². The first kappa shape index (κ1) is 17.7. The summed E-state index contributed by atoms with van der Waals surface area (Å²) in [4.78, 5) is 12.2. The number of ether oxygens (including phenoxy) is 2. The molecular formula is C15H22N2O5S. The van der Waals surface area contributed by atoms with Gasteiger partial charge in [0.25, 0.3) is 0 Å². The molecule has 1 amide bonds. The molecule has 0 radical (unpaired) electrons. The fourth-order valence-electron chi connectivity index (χ4n) is 2.80. The zero-order valence-electron chi connectivity index (χ0n) is 13.5. The lowest BCUT2D eigenvalue weighted by Crippen LogP contribution is -2.34. The molecule has 2 rings (SSSR count). The summed E-state index contributed by atoms with van der Waals surface area (Å²) in [7, 11) is 0.893. The van der Waals surface area contributed by atoms with E-state index in [9.17, 15) is 13.2 Å². The van der Waals surface area contributed by atoms with Gasteiger partial charge in [-0.2, -0.15) is 4.31 Å². The third-order valence-corrected chi connectivity index (χ3v) is 5.88. The van der Waals surface area contributed by atoms with Crippen molar-refractivity contribution in [3.8, 4) is 5.75 Å². The van der Waals surface area contributed by atoms with Gasteiger partial charge in [0, 0.05) is 39.2 Å². The number of benzene rings is 1. The molecule has 0 unspecified atom stereocenters. The van der Waals surface area contributed by atoms with Gasteiger partial charge in [0.15, 0.2) is 0 Å². The molecule has 128 valence electrons. The van der Waals surface area contributed by atoms with E-state index in [2.05, 4.69) is 5.32 Å². The summed E-state index contributed by atoms with van der Waals surface area (Å²) in [5.41, 5.74) is 0. The molecule has 1 aliphatic rings. The largest absolute Gasteiger partial charge is 0.497 e. The molecule has 8 heteroatoms. The van der Waals surface area contributed by atoms with Crippen LogP contribution in [0.3, 0.4) is 0 Å². The summed E-state index contributed by atoms with van der Waals surface area (Å²) in [6.07, 6.45) is 0. The summed E-state index contributed by atoms with van der Waals surface area (Å²) in [5.74, 6) is -0.280. The Morgan fingerprint density at radius 3 is 2.70 bits per heavy atom. The standard InChI is InChI=1S/C15H22N2O5S/c1-16-15(18)14-9-17(8-11(14)10-21-2)23(19,20)13-6-4-5-12(7-13)22-3/h4-7,11,14H,8-10H2,1-3H3,(H,16,18)/t11-,14+/m0/s1. The van der Waals surface area contributed by atoms with E-state index in [1.807, 2.05) is 0 Å². The van der Waals surface area contributed by atoms with Crippen LogP contribution in [0.1, 0.15) is 0 Å². The van der Waals surface area contributed by atoms with Crippen molar-refractivity contribution in [2.24, 2.45) is 11.8 Å². The predicted octanol–water partition coefficient (Wildman–Crippen LogP) is 0.324. The molecule has 0 aliphatic carbocycles. The zero-order chi connectivity index (χ0) is 17.0. The van der Waals surface area contributed by atoms with Gasteiger partial charge < -0.3 is 14.8 Å². The van der Waals surface area contributed by atoms with Crippen molar-refractivity contribution in [1.29, 1.82) is 0 Å². The summed E-state index contributed by atoms with van der Waals surface area (Å²) in [6.45, 7) is 0.737. The Kier molecular flexibility index (Phi) is 5.61. The molecule has 0 saturated carbocycles. The number of hydrogen-bond acceptors (Lipinski definition) is 5. The van der Waals surface area contributed by atoms with E-state index < -0.39 is 15.9 Å². The first-order valence-corrected chi connectivity index (χ1v) is 8.72. The van der Waals surface area contributed by atoms with Gasteiger partial charge in [-0.1, -0.05) is 6.07 Å². The molecule has 1 aromatic rings. The minimum absolute atomic E-state index is 0.146. The van der Waals surface area contributed by atoms with Crippen LogP contribution < -0.4 is 10.1 Å². The van der Waals surface area contributed by atoms with Crippen molar-refractivity contribution in [2.45, 2.75) is 4.90 Å². The average molecular weight is 342 g/mol. The molecule has 1 heterocycles. The van der Waals surface area contributed by atoms with Crippen LogP contribution in [0.15, 0.2) is 29.2 Å². The maximum atomic E-state index is 12.8. The van der Waals surface area contributed by atoms with Gasteiger partial charge in [0.1, 0.15) is 5.75 Å². The van der Waals surface area contributed by atoms with Crippen LogP contribution in [0.5, 0.6) is 5.75 Å². The number of sulfonamides is 1. The minimum atomic E-state index is -3.68.